The summed E-state index contributed by atoms with van der Waals surface area (Å²) in [7, 11) is 0. The zero-order chi connectivity index (χ0) is 13.8. The Bertz CT molecular complexity index is 251. The minimum atomic E-state index is -0.0775. The van der Waals surface area contributed by atoms with Gasteiger partial charge in [0.25, 0.3) is 0 Å². The van der Waals surface area contributed by atoms with E-state index in [1.807, 2.05) is 0 Å². The highest BCUT2D eigenvalue weighted by molar-refractivity contribution is 4.99. The van der Waals surface area contributed by atoms with Crippen molar-refractivity contribution in [3.05, 3.63) is 0 Å². The number of hydrogen-bond acceptors (Lipinski definition) is 3. The Morgan fingerprint density at radius 2 is 1.94 bits per heavy atom. The first-order chi connectivity index (χ1) is 8.32. The van der Waals surface area contributed by atoms with E-state index in [0.717, 1.165) is 32.6 Å². The van der Waals surface area contributed by atoms with Crippen LogP contribution in [0.15, 0.2) is 0 Å². The van der Waals surface area contributed by atoms with Gasteiger partial charge in [-0.1, -0.05) is 13.8 Å². The molecule has 0 aliphatic carbocycles. The second kappa shape index (κ2) is 6.36. The minimum Gasteiger partial charge on any atom is -0.380 e. The molecule has 1 heterocycles. The van der Waals surface area contributed by atoms with Crippen LogP contribution in [0.5, 0.6) is 0 Å². The first-order valence-electron chi connectivity index (χ1n) is 7.33. The molecule has 0 amide bonds. The van der Waals surface area contributed by atoms with Crippen LogP contribution < -0.4 is 5.32 Å². The van der Waals surface area contributed by atoms with E-state index in [9.17, 15) is 0 Å². The van der Waals surface area contributed by atoms with Crippen molar-refractivity contribution in [3.8, 4) is 0 Å². The molecular formula is C15H31NO2. The van der Waals surface area contributed by atoms with E-state index in [1.165, 1.54) is 0 Å². The van der Waals surface area contributed by atoms with Crippen molar-refractivity contribution in [2.75, 3.05) is 19.8 Å². The molecule has 0 aromatic rings. The Kier molecular flexibility index (Phi) is 5.63. The van der Waals surface area contributed by atoms with Gasteiger partial charge in [0.1, 0.15) is 0 Å². The summed E-state index contributed by atoms with van der Waals surface area (Å²) in [6, 6.07) is 0.387. The molecule has 18 heavy (non-hydrogen) atoms. The molecule has 1 rings (SSSR count). The Labute approximate surface area is 113 Å². The second-order valence-electron chi connectivity index (χ2n) is 6.51. The fourth-order valence-electron chi connectivity index (χ4n) is 3.17. The largest absolute Gasteiger partial charge is 0.380 e. The van der Waals surface area contributed by atoms with Crippen molar-refractivity contribution in [2.24, 2.45) is 5.92 Å². The standard InChI is InChI=1S/C15H31NO2/c1-7-9-17-11-13(16-8-2)12-10-14(3,4)18-15(12,5)6/h12-13,16H,7-11H2,1-6H3. The van der Waals surface area contributed by atoms with Gasteiger partial charge in [-0.05, 0) is 47.1 Å². The van der Waals surface area contributed by atoms with Gasteiger partial charge in [-0.15, -0.1) is 0 Å². The highest BCUT2D eigenvalue weighted by atomic mass is 16.5. The molecule has 0 radical (unpaired) electrons. The maximum Gasteiger partial charge on any atom is 0.0678 e. The smallest absolute Gasteiger partial charge is 0.0678 e. The summed E-state index contributed by atoms with van der Waals surface area (Å²) in [6.45, 7) is 15.7. The van der Waals surface area contributed by atoms with E-state index in [1.54, 1.807) is 0 Å². The van der Waals surface area contributed by atoms with Gasteiger partial charge >= 0.3 is 0 Å². The van der Waals surface area contributed by atoms with Crippen molar-refractivity contribution < 1.29 is 9.47 Å². The predicted molar refractivity (Wildman–Crippen MR) is 75.9 cm³/mol. The van der Waals surface area contributed by atoms with E-state index in [-0.39, 0.29) is 11.2 Å². The topological polar surface area (TPSA) is 30.5 Å². The van der Waals surface area contributed by atoms with Gasteiger partial charge in [-0.3, -0.25) is 0 Å². The van der Waals surface area contributed by atoms with Crippen molar-refractivity contribution in [3.63, 3.8) is 0 Å². The molecular weight excluding hydrogens is 226 g/mol. The fourth-order valence-corrected chi connectivity index (χ4v) is 3.17. The summed E-state index contributed by atoms with van der Waals surface area (Å²) in [5, 5.41) is 3.57. The first kappa shape index (κ1) is 15.9. The molecule has 2 atom stereocenters. The molecule has 1 aliphatic heterocycles. The van der Waals surface area contributed by atoms with Gasteiger partial charge in [-0.2, -0.15) is 0 Å². The third-order valence-corrected chi connectivity index (χ3v) is 3.74. The molecule has 0 bridgehead atoms. The molecule has 0 spiro atoms. The summed E-state index contributed by atoms with van der Waals surface area (Å²) in [4.78, 5) is 0. The van der Waals surface area contributed by atoms with Gasteiger partial charge in [0.05, 0.1) is 17.8 Å². The first-order valence-corrected chi connectivity index (χ1v) is 7.33. The van der Waals surface area contributed by atoms with E-state index in [0.29, 0.717) is 12.0 Å². The summed E-state index contributed by atoms with van der Waals surface area (Å²) in [5.74, 6) is 0.504. The molecule has 1 fully saturated rings. The van der Waals surface area contributed by atoms with Crippen molar-refractivity contribution in [1.82, 2.24) is 5.32 Å². The number of likely N-dealkylation sites (N-methyl/N-ethyl adjacent to an activating group) is 1. The van der Waals surface area contributed by atoms with Crippen LogP contribution in [0.4, 0.5) is 0 Å². The molecule has 3 heteroatoms. The Balaban J connectivity index is 2.66. The fraction of sp³-hybridized carbons (Fsp3) is 1.00. The van der Waals surface area contributed by atoms with Crippen LogP contribution in [0.2, 0.25) is 0 Å². The molecule has 2 unspecified atom stereocenters. The predicted octanol–water partition coefficient (Wildman–Crippen LogP) is 2.98. The third kappa shape index (κ3) is 4.22. The summed E-state index contributed by atoms with van der Waals surface area (Å²) < 4.78 is 11.9. The second-order valence-corrected chi connectivity index (χ2v) is 6.51. The monoisotopic (exact) mass is 257 g/mol. The molecule has 3 nitrogen and oxygen atoms in total. The molecule has 1 saturated heterocycles. The number of nitrogens with one attached hydrogen (secondary N) is 1. The highest BCUT2D eigenvalue weighted by Crippen LogP contribution is 2.43. The molecule has 1 N–H and O–H groups in total. The number of ether oxygens (including phenoxy) is 2. The lowest BCUT2D eigenvalue weighted by molar-refractivity contribution is -0.0804. The third-order valence-electron chi connectivity index (χ3n) is 3.74. The molecule has 0 aromatic heterocycles. The lowest BCUT2D eigenvalue weighted by Crippen LogP contribution is -2.47. The van der Waals surface area contributed by atoms with E-state index in [4.69, 9.17) is 9.47 Å². The average Bonchev–Trinajstić information content (AvgIpc) is 2.46. The van der Waals surface area contributed by atoms with Crippen molar-refractivity contribution in [2.45, 2.75) is 71.6 Å². The molecule has 0 aromatic carbocycles. The van der Waals surface area contributed by atoms with Gasteiger partial charge < -0.3 is 14.8 Å². The van der Waals surface area contributed by atoms with E-state index >= 15 is 0 Å². The van der Waals surface area contributed by atoms with Crippen LogP contribution in [0.3, 0.4) is 0 Å². The molecule has 1 aliphatic rings. The summed E-state index contributed by atoms with van der Waals surface area (Å²) >= 11 is 0. The zero-order valence-electron chi connectivity index (χ0n) is 13.0. The van der Waals surface area contributed by atoms with Gasteiger partial charge in [0, 0.05) is 18.6 Å². The SMILES string of the molecule is CCCOCC(NCC)C1CC(C)(C)OC1(C)C. The van der Waals surface area contributed by atoms with Crippen LogP contribution in [0.25, 0.3) is 0 Å². The lowest BCUT2D eigenvalue weighted by atomic mass is 9.82. The minimum absolute atomic E-state index is 0.0212. The lowest BCUT2D eigenvalue weighted by Gasteiger charge is -2.33. The quantitative estimate of drug-likeness (QED) is 0.711. The van der Waals surface area contributed by atoms with Crippen LogP contribution in [-0.4, -0.2) is 37.0 Å². The number of hydrogen-bond donors (Lipinski definition) is 1. The van der Waals surface area contributed by atoms with Crippen LogP contribution >= 0.6 is 0 Å². The molecule has 108 valence electrons. The van der Waals surface area contributed by atoms with Gasteiger partial charge in [0.15, 0.2) is 0 Å². The highest BCUT2D eigenvalue weighted by Gasteiger charge is 2.48. The van der Waals surface area contributed by atoms with Gasteiger partial charge in [-0.25, -0.2) is 0 Å². The zero-order valence-corrected chi connectivity index (χ0v) is 13.0. The Morgan fingerprint density at radius 3 is 2.39 bits per heavy atom. The summed E-state index contributed by atoms with van der Waals surface area (Å²) in [6.07, 6.45) is 2.17. The number of rotatable bonds is 7. The Morgan fingerprint density at radius 1 is 1.28 bits per heavy atom. The van der Waals surface area contributed by atoms with Crippen molar-refractivity contribution in [1.29, 1.82) is 0 Å². The molecule has 0 saturated carbocycles. The van der Waals surface area contributed by atoms with Gasteiger partial charge in [0.2, 0.25) is 0 Å². The van der Waals surface area contributed by atoms with Crippen LogP contribution in [0.1, 0.15) is 54.4 Å². The van der Waals surface area contributed by atoms with E-state index < -0.39 is 0 Å². The maximum atomic E-state index is 6.19. The maximum absolute atomic E-state index is 6.19. The normalized spacial score (nSPS) is 27.3. The van der Waals surface area contributed by atoms with Crippen molar-refractivity contribution >= 4 is 0 Å². The summed E-state index contributed by atoms with van der Waals surface area (Å²) in [5.41, 5.74) is -0.0987. The van der Waals surface area contributed by atoms with Crippen LogP contribution in [0, 0.1) is 5.92 Å². The average molecular weight is 257 g/mol. The van der Waals surface area contributed by atoms with Crippen LogP contribution in [-0.2, 0) is 9.47 Å². The Hall–Kier alpha value is -0.120. The van der Waals surface area contributed by atoms with E-state index in [2.05, 4.69) is 46.9 Å².